The Balaban J connectivity index is 0. The van der Waals surface area contributed by atoms with Crippen molar-refractivity contribution in [3.8, 4) is 0 Å². The van der Waals surface area contributed by atoms with Crippen LogP contribution in [0.5, 0.6) is 0 Å². The SMILES string of the molecule is CCN[C@@H](CCO)CNCCC[NH3+].O=C([O-])C(F)(F)F. The van der Waals surface area contributed by atoms with Crippen molar-refractivity contribution < 1.29 is 33.9 Å². The normalized spacial score (nSPS) is 12.5. The lowest BCUT2D eigenvalue weighted by molar-refractivity contribution is -0.367. The molecular formula is C11H24F3N3O3. The average Bonchev–Trinajstić information content (AvgIpc) is 2.34. The van der Waals surface area contributed by atoms with E-state index in [4.69, 9.17) is 15.0 Å². The van der Waals surface area contributed by atoms with Crippen LogP contribution in [0.15, 0.2) is 0 Å². The van der Waals surface area contributed by atoms with Crippen LogP contribution in [-0.4, -0.2) is 56.1 Å². The first-order valence-corrected chi connectivity index (χ1v) is 6.41. The Morgan fingerprint density at radius 3 is 2.35 bits per heavy atom. The number of carbonyl (C=O) groups is 1. The quantitative estimate of drug-likeness (QED) is 0.363. The van der Waals surface area contributed by atoms with Gasteiger partial charge in [0.25, 0.3) is 0 Å². The van der Waals surface area contributed by atoms with Crippen molar-refractivity contribution in [1.82, 2.24) is 10.6 Å². The number of hydrogen-bond acceptors (Lipinski definition) is 5. The molecule has 6 N–H and O–H groups in total. The van der Waals surface area contributed by atoms with Crippen LogP contribution in [-0.2, 0) is 4.79 Å². The molecule has 0 fully saturated rings. The lowest BCUT2D eigenvalue weighted by Gasteiger charge is -2.16. The van der Waals surface area contributed by atoms with Gasteiger partial charge in [0.05, 0.1) is 6.54 Å². The zero-order chi connectivity index (χ0) is 16.0. The van der Waals surface area contributed by atoms with Gasteiger partial charge in [-0.1, -0.05) is 6.92 Å². The summed E-state index contributed by atoms with van der Waals surface area (Å²) in [5, 5.41) is 24.2. The Morgan fingerprint density at radius 2 is 2.00 bits per heavy atom. The lowest BCUT2D eigenvalue weighted by atomic mass is 10.2. The second-order valence-corrected chi connectivity index (χ2v) is 3.96. The zero-order valence-corrected chi connectivity index (χ0v) is 11.6. The van der Waals surface area contributed by atoms with Gasteiger partial charge < -0.3 is 31.4 Å². The molecule has 0 saturated carbocycles. The molecule has 6 nitrogen and oxygen atoms in total. The number of likely N-dealkylation sites (N-methyl/N-ethyl adjacent to an activating group) is 1. The number of rotatable bonds is 9. The smallest absolute Gasteiger partial charge is 0.430 e. The first-order chi connectivity index (χ1) is 9.29. The van der Waals surface area contributed by atoms with Crippen LogP contribution in [0.2, 0.25) is 0 Å². The molecular weight excluding hydrogens is 279 g/mol. The van der Waals surface area contributed by atoms with Crippen LogP contribution < -0.4 is 21.5 Å². The van der Waals surface area contributed by atoms with Crippen molar-refractivity contribution in [1.29, 1.82) is 0 Å². The van der Waals surface area contributed by atoms with Gasteiger partial charge >= 0.3 is 6.18 Å². The molecule has 9 heteroatoms. The number of halogens is 3. The van der Waals surface area contributed by atoms with Crippen LogP contribution in [0.4, 0.5) is 13.2 Å². The molecule has 0 aliphatic carbocycles. The minimum absolute atomic E-state index is 0.259. The van der Waals surface area contributed by atoms with E-state index < -0.39 is 12.1 Å². The van der Waals surface area contributed by atoms with E-state index in [1.54, 1.807) is 0 Å². The monoisotopic (exact) mass is 303 g/mol. The summed E-state index contributed by atoms with van der Waals surface area (Å²) in [4.78, 5) is 8.78. The van der Waals surface area contributed by atoms with Crippen molar-refractivity contribution in [2.24, 2.45) is 0 Å². The standard InChI is InChI=1S/C9H23N3O.C2HF3O2/c1-2-12-9(4-7-13)8-11-6-3-5-10;3-2(4,5)1(6)7/h9,11-13H,2-8,10H2,1H3;(H,6,7)/t9-;/m0./s1. The Bertz CT molecular complexity index is 235. The van der Waals surface area contributed by atoms with Gasteiger partial charge in [-0.15, -0.1) is 0 Å². The molecule has 0 aromatic carbocycles. The molecule has 0 saturated heterocycles. The third-order valence-electron chi connectivity index (χ3n) is 2.20. The van der Waals surface area contributed by atoms with Crippen molar-refractivity contribution >= 4 is 5.97 Å². The summed E-state index contributed by atoms with van der Waals surface area (Å²) in [6.07, 6.45) is -3.25. The molecule has 0 amide bonds. The highest BCUT2D eigenvalue weighted by atomic mass is 19.4. The van der Waals surface area contributed by atoms with Gasteiger partial charge in [-0.25, -0.2) is 0 Å². The second-order valence-electron chi connectivity index (χ2n) is 3.96. The molecule has 0 spiro atoms. The third kappa shape index (κ3) is 15.2. The van der Waals surface area contributed by atoms with Gasteiger partial charge in [0.15, 0.2) is 0 Å². The molecule has 0 aromatic rings. The fraction of sp³-hybridized carbons (Fsp3) is 0.909. The van der Waals surface area contributed by atoms with E-state index >= 15 is 0 Å². The fourth-order valence-electron chi connectivity index (χ4n) is 1.25. The van der Waals surface area contributed by atoms with Gasteiger partial charge in [-0.2, -0.15) is 13.2 Å². The summed E-state index contributed by atoms with van der Waals surface area (Å²) in [6.45, 7) is 6.25. The van der Waals surface area contributed by atoms with Gasteiger partial charge in [0.2, 0.25) is 0 Å². The molecule has 0 heterocycles. The average molecular weight is 303 g/mol. The summed E-state index contributed by atoms with van der Waals surface area (Å²) in [5.74, 6) is -3.01. The highest BCUT2D eigenvalue weighted by molar-refractivity contribution is 5.70. The summed E-state index contributed by atoms with van der Waals surface area (Å²) in [7, 11) is 0. The van der Waals surface area contributed by atoms with Crippen LogP contribution in [0, 0.1) is 0 Å². The van der Waals surface area contributed by atoms with Crippen LogP contribution in [0.25, 0.3) is 0 Å². The number of nitrogens with one attached hydrogen (secondary N) is 2. The highest BCUT2D eigenvalue weighted by Gasteiger charge is 2.28. The van der Waals surface area contributed by atoms with Crippen LogP contribution >= 0.6 is 0 Å². The maximum Gasteiger partial charge on any atom is 0.430 e. The van der Waals surface area contributed by atoms with E-state index in [1.165, 1.54) is 0 Å². The van der Waals surface area contributed by atoms with E-state index in [-0.39, 0.29) is 6.61 Å². The van der Waals surface area contributed by atoms with Gasteiger partial charge in [0, 0.05) is 32.2 Å². The number of aliphatic carboxylic acids is 1. The molecule has 0 rings (SSSR count). The van der Waals surface area contributed by atoms with E-state index in [9.17, 15) is 13.2 Å². The van der Waals surface area contributed by atoms with E-state index in [2.05, 4.69) is 23.3 Å². The molecule has 0 unspecified atom stereocenters. The lowest BCUT2D eigenvalue weighted by Crippen LogP contribution is -2.51. The molecule has 20 heavy (non-hydrogen) atoms. The first-order valence-electron chi connectivity index (χ1n) is 6.41. The van der Waals surface area contributed by atoms with Crippen molar-refractivity contribution in [2.45, 2.75) is 32.0 Å². The molecule has 0 aliphatic heterocycles. The Kier molecular flexibility index (Phi) is 14.0. The van der Waals surface area contributed by atoms with E-state index in [0.717, 1.165) is 39.0 Å². The zero-order valence-electron chi connectivity index (χ0n) is 11.6. The number of carboxylic acid groups (broad SMARTS) is 1. The van der Waals surface area contributed by atoms with Gasteiger partial charge in [0.1, 0.15) is 5.97 Å². The molecule has 0 bridgehead atoms. The summed E-state index contributed by atoms with van der Waals surface area (Å²) in [6, 6.07) is 0.403. The number of carbonyl (C=O) groups excluding carboxylic acids is 1. The number of alkyl halides is 3. The molecule has 1 atom stereocenters. The van der Waals surface area contributed by atoms with Crippen molar-refractivity contribution in [3.05, 3.63) is 0 Å². The van der Waals surface area contributed by atoms with Gasteiger partial charge in [-0.3, -0.25) is 0 Å². The number of quaternary nitrogens is 1. The predicted octanol–water partition coefficient (Wildman–Crippen LogP) is -2.13. The molecule has 0 radical (unpaired) electrons. The number of carboxylic acids is 1. The number of aliphatic hydroxyl groups is 1. The van der Waals surface area contributed by atoms with E-state index in [0.29, 0.717) is 6.04 Å². The minimum Gasteiger partial charge on any atom is -0.542 e. The Morgan fingerprint density at radius 1 is 1.45 bits per heavy atom. The minimum atomic E-state index is -5.19. The predicted molar refractivity (Wildman–Crippen MR) is 65.5 cm³/mol. The maximum absolute atomic E-state index is 10.5. The van der Waals surface area contributed by atoms with Crippen molar-refractivity contribution in [3.63, 3.8) is 0 Å². The Hall–Kier alpha value is -0.900. The topological polar surface area (TPSA) is 112 Å². The Labute approximate surface area is 116 Å². The van der Waals surface area contributed by atoms with Crippen LogP contribution in [0.3, 0.4) is 0 Å². The van der Waals surface area contributed by atoms with Crippen LogP contribution in [0.1, 0.15) is 19.8 Å². The maximum atomic E-state index is 10.5. The number of aliphatic hydroxyl groups excluding tert-OH is 1. The molecule has 0 aromatic heterocycles. The number of hydrogen-bond donors (Lipinski definition) is 4. The largest absolute Gasteiger partial charge is 0.542 e. The first kappa shape index (κ1) is 21.4. The van der Waals surface area contributed by atoms with E-state index in [1.807, 2.05) is 0 Å². The fourth-order valence-corrected chi connectivity index (χ4v) is 1.25. The summed E-state index contributed by atoms with van der Waals surface area (Å²) < 4.78 is 31.5. The van der Waals surface area contributed by atoms with Gasteiger partial charge in [-0.05, 0) is 13.0 Å². The van der Waals surface area contributed by atoms with Crippen molar-refractivity contribution in [2.75, 3.05) is 32.8 Å². The molecule has 122 valence electrons. The summed E-state index contributed by atoms with van der Waals surface area (Å²) >= 11 is 0. The molecule has 0 aliphatic rings. The highest BCUT2D eigenvalue weighted by Crippen LogP contribution is 2.11. The third-order valence-corrected chi connectivity index (χ3v) is 2.20. The second kappa shape index (κ2) is 13.1. The summed E-state index contributed by atoms with van der Waals surface area (Å²) in [5.41, 5.74) is 3.78.